The van der Waals surface area contributed by atoms with E-state index >= 15 is 0 Å². The number of nitrogens with two attached hydrogens (primary N) is 1. The number of aromatic hydroxyl groups is 1. The number of nitrogens with one attached hydrogen (secondary N) is 2. The van der Waals surface area contributed by atoms with Crippen molar-refractivity contribution in [3.63, 3.8) is 0 Å². The van der Waals surface area contributed by atoms with Crippen LogP contribution in [0.1, 0.15) is 24.8 Å². The van der Waals surface area contributed by atoms with E-state index in [1.54, 1.807) is 0 Å². The van der Waals surface area contributed by atoms with Gasteiger partial charge in [-0.1, -0.05) is 12.1 Å². The van der Waals surface area contributed by atoms with Gasteiger partial charge in [-0.15, -0.1) is 0 Å². The van der Waals surface area contributed by atoms with E-state index in [9.17, 15) is 34.2 Å². The lowest BCUT2D eigenvalue weighted by molar-refractivity contribution is -0.143. The number of rotatable bonds is 12. The average Bonchev–Trinajstić information content (AvgIpc) is 2.65. The van der Waals surface area contributed by atoms with Gasteiger partial charge < -0.3 is 36.8 Å². The maximum atomic E-state index is 12.5. The molecule has 1 rings (SSSR count). The van der Waals surface area contributed by atoms with Crippen LogP contribution in [0.5, 0.6) is 5.75 Å². The van der Waals surface area contributed by atoms with Gasteiger partial charge in [-0.3, -0.25) is 19.2 Å². The topological polar surface area (TPSA) is 216 Å². The van der Waals surface area contributed by atoms with Gasteiger partial charge in [0.05, 0.1) is 12.5 Å². The molecular weight excluding hydrogens is 402 g/mol. The van der Waals surface area contributed by atoms with E-state index in [0.717, 1.165) is 0 Å². The summed E-state index contributed by atoms with van der Waals surface area (Å²) in [7, 11) is 0. The highest BCUT2D eigenvalue weighted by atomic mass is 16.4. The van der Waals surface area contributed by atoms with E-state index in [-0.39, 0.29) is 18.6 Å². The van der Waals surface area contributed by atoms with E-state index in [1.165, 1.54) is 24.3 Å². The highest BCUT2D eigenvalue weighted by molar-refractivity contribution is 5.93. The Bertz CT molecular complexity index is 795. The highest BCUT2D eigenvalue weighted by Crippen LogP contribution is 2.12. The van der Waals surface area contributed by atoms with Crippen LogP contribution in [0.2, 0.25) is 0 Å². The molecule has 0 saturated heterocycles. The first-order chi connectivity index (χ1) is 14.0. The summed E-state index contributed by atoms with van der Waals surface area (Å²) in [5.74, 6) is -5.95. The molecule has 0 aliphatic rings. The molecule has 12 nitrogen and oxygen atoms in total. The molecule has 164 valence electrons. The van der Waals surface area contributed by atoms with Gasteiger partial charge in [-0.05, 0) is 24.1 Å². The van der Waals surface area contributed by atoms with Crippen LogP contribution in [0.3, 0.4) is 0 Å². The molecule has 1 aromatic carbocycles. The quantitative estimate of drug-likeness (QED) is 0.209. The monoisotopic (exact) mass is 425 g/mol. The van der Waals surface area contributed by atoms with Crippen molar-refractivity contribution in [2.45, 2.75) is 43.8 Å². The first-order valence-corrected chi connectivity index (χ1v) is 8.80. The molecule has 0 aliphatic carbocycles. The first kappa shape index (κ1) is 24.4. The van der Waals surface area contributed by atoms with Crippen molar-refractivity contribution in [3.05, 3.63) is 29.8 Å². The number of hydrogen-bond donors (Lipinski definition) is 7. The molecule has 0 fully saturated rings. The van der Waals surface area contributed by atoms with Crippen LogP contribution >= 0.6 is 0 Å². The van der Waals surface area contributed by atoms with Crippen molar-refractivity contribution in [1.29, 1.82) is 0 Å². The lowest BCUT2D eigenvalue weighted by Crippen LogP contribution is -2.55. The SMILES string of the molecule is N[C@@H](CC(=O)O)C(=O)N[C@@H](CCC(=O)O)C(=O)N[C@@H](Cc1ccc(O)cc1)C(=O)O. The predicted octanol–water partition coefficient (Wildman–Crippen LogP) is -1.34. The maximum absolute atomic E-state index is 12.5. The van der Waals surface area contributed by atoms with Crippen molar-refractivity contribution in [3.8, 4) is 5.75 Å². The zero-order chi connectivity index (χ0) is 22.8. The fraction of sp³-hybridized carbons (Fsp3) is 0.389. The van der Waals surface area contributed by atoms with Crippen LogP contribution in [-0.2, 0) is 30.4 Å². The highest BCUT2D eigenvalue weighted by Gasteiger charge is 2.29. The van der Waals surface area contributed by atoms with Crippen molar-refractivity contribution in [2.24, 2.45) is 5.73 Å². The number of carboxylic acids is 3. The summed E-state index contributed by atoms with van der Waals surface area (Å²) in [4.78, 5) is 57.5. The number of carbonyl (C=O) groups excluding carboxylic acids is 2. The Morgan fingerprint density at radius 2 is 1.43 bits per heavy atom. The van der Waals surface area contributed by atoms with Crippen molar-refractivity contribution in [1.82, 2.24) is 10.6 Å². The summed E-state index contributed by atoms with van der Waals surface area (Å²) < 4.78 is 0. The second-order valence-corrected chi connectivity index (χ2v) is 6.47. The molecule has 0 saturated carbocycles. The molecule has 0 aliphatic heterocycles. The molecular formula is C18H23N3O9. The molecule has 8 N–H and O–H groups in total. The summed E-state index contributed by atoms with van der Waals surface area (Å²) in [5.41, 5.74) is 5.93. The average molecular weight is 425 g/mol. The maximum Gasteiger partial charge on any atom is 0.326 e. The van der Waals surface area contributed by atoms with E-state index in [1.807, 2.05) is 0 Å². The molecule has 0 radical (unpaired) electrons. The number of aliphatic carboxylic acids is 3. The normalized spacial score (nSPS) is 13.5. The molecule has 0 spiro atoms. The summed E-state index contributed by atoms with van der Waals surface area (Å²) >= 11 is 0. The molecule has 0 unspecified atom stereocenters. The number of amides is 2. The minimum absolute atomic E-state index is 0.0243. The Morgan fingerprint density at radius 3 is 1.93 bits per heavy atom. The smallest absolute Gasteiger partial charge is 0.326 e. The Balaban J connectivity index is 2.89. The second kappa shape index (κ2) is 11.4. The van der Waals surface area contributed by atoms with Crippen molar-refractivity contribution >= 4 is 29.7 Å². The van der Waals surface area contributed by atoms with Gasteiger partial charge in [-0.25, -0.2) is 4.79 Å². The van der Waals surface area contributed by atoms with Crippen molar-refractivity contribution in [2.75, 3.05) is 0 Å². The third kappa shape index (κ3) is 8.56. The fourth-order valence-corrected chi connectivity index (χ4v) is 2.44. The predicted molar refractivity (Wildman–Crippen MR) is 100 cm³/mol. The minimum Gasteiger partial charge on any atom is -0.508 e. The number of phenolic OH excluding ortho intramolecular Hbond substituents is 1. The zero-order valence-electron chi connectivity index (χ0n) is 15.8. The van der Waals surface area contributed by atoms with Gasteiger partial charge >= 0.3 is 17.9 Å². The zero-order valence-corrected chi connectivity index (χ0v) is 15.8. The first-order valence-electron chi connectivity index (χ1n) is 8.80. The molecule has 1 aromatic rings. The number of benzene rings is 1. The van der Waals surface area contributed by atoms with E-state index in [0.29, 0.717) is 5.56 Å². The number of carbonyl (C=O) groups is 5. The van der Waals surface area contributed by atoms with E-state index in [4.69, 9.17) is 15.9 Å². The number of hydrogen-bond acceptors (Lipinski definition) is 7. The summed E-state index contributed by atoms with van der Waals surface area (Å²) in [5, 5.41) is 40.6. The van der Waals surface area contributed by atoms with Crippen LogP contribution in [-0.4, -0.2) is 68.3 Å². The Kier molecular flexibility index (Phi) is 9.23. The van der Waals surface area contributed by atoms with Crippen molar-refractivity contribution < 1.29 is 44.4 Å². The summed E-state index contributed by atoms with van der Waals surface area (Å²) in [6.45, 7) is 0. The number of carboxylic acid groups (broad SMARTS) is 3. The number of phenols is 1. The van der Waals surface area contributed by atoms with Gasteiger partial charge in [0.2, 0.25) is 11.8 Å². The third-order valence-corrected chi connectivity index (χ3v) is 4.00. The summed E-state index contributed by atoms with van der Waals surface area (Å²) in [6.07, 6.45) is -1.72. The van der Waals surface area contributed by atoms with Gasteiger partial charge in [0, 0.05) is 12.8 Å². The lowest BCUT2D eigenvalue weighted by Gasteiger charge is -2.22. The van der Waals surface area contributed by atoms with E-state index in [2.05, 4.69) is 10.6 Å². The van der Waals surface area contributed by atoms with Crippen LogP contribution < -0.4 is 16.4 Å². The molecule has 12 heteroatoms. The van der Waals surface area contributed by atoms with Gasteiger partial charge in [-0.2, -0.15) is 0 Å². The van der Waals surface area contributed by atoms with Crippen LogP contribution in [0.15, 0.2) is 24.3 Å². The molecule has 30 heavy (non-hydrogen) atoms. The fourth-order valence-electron chi connectivity index (χ4n) is 2.44. The van der Waals surface area contributed by atoms with Crippen LogP contribution in [0.25, 0.3) is 0 Å². The molecule has 3 atom stereocenters. The minimum atomic E-state index is -1.48. The standard InChI is InChI=1S/C18H23N3O9/c19-11(8-15(25)26)16(27)20-12(5-6-14(23)24)17(28)21-13(18(29)30)7-9-1-3-10(22)4-2-9/h1-4,11-13,22H,5-8,19H2,(H,20,27)(H,21,28)(H,23,24)(H,25,26)(H,29,30)/t11-,12-,13-/m0/s1. The van der Waals surface area contributed by atoms with Gasteiger partial charge in [0.25, 0.3) is 0 Å². The van der Waals surface area contributed by atoms with Gasteiger partial charge in [0.15, 0.2) is 0 Å². The molecule has 0 aromatic heterocycles. The summed E-state index contributed by atoms with van der Waals surface area (Å²) in [6, 6.07) is 1.30. The lowest BCUT2D eigenvalue weighted by atomic mass is 10.0. The molecule has 2 amide bonds. The second-order valence-electron chi connectivity index (χ2n) is 6.47. The van der Waals surface area contributed by atoms with Crippen LogP contribution in [0.4, 0.5) is 0 Å². The Hall–Kier alpha value is -3.67. The Labute approximate surface area is 170 Å². The Morgan fingerprint density at radius 1 is 0.867 bits per heavy atom. The molecule has 0 heterocycles. The third-order valence-electron chi connectivity index (χ3n) is 4.00. The van der Waals surface area contributed by atoms with Crippen LogP contribution in [0, 0.1) is 0 Å². The molecule has 0 bridgehead atoms. The van der Waals surface area contributed by atoms with Gasteiger partial charge in [0.1, 0.15) is 17.8 Å². The largest absolute Gasteiger partial charge is 0.508 e. The van der Waals surface area contributed by atoms with E-state index < -0.39 is 60.7 Å².